The Morgan fingerprint density at radius 3 is 2.91 bits per heavy atom. The Hall–Kier alpha value is -1.67. The molecule has 0 aliphatic carbocycles. The first-order valence-electron chi connectivity index (χ1n) is 7.89. The summed E-state index contributed by atoms with van der Waals surface area (Å²) < 4.78 is 0. The van der Waals surface area contributed by atoms with Gasteiger partial charge in [-0.05, 0) is 18.4 Å². The molecule has 0 radical (unpaired) electrons. The van der Waals surface area contributed by atoms with Crippen molar-refractivity contribution in [2.24, 2.45) is 0 Å². The standard InChI is InChI=1S/C17H21N3OS/c18-10-6-2-5-9-15-16-14(12-22-15)19-17(21)20(16)11-13-7-3-1-4-8-13/h1,3-4,7-8,14-16H,2,5-6,9,11-12H2,(H,19,21)/t14-,15-,16-/m0/s1. The molecule has 2 fully saturated rings. The van der Waals surface area contributed by atoms with Gasteiger partial charge in [0, 0.05) is 24.0 Å². The number of fused-ring (bicyclic) bond motifs is 1. The summed E-state index contributed by atoms with van der Waals surface area (Å²) in [5.41, 5.74) is 1.18. The molecule has 0 unspecified atom stereocenters. The van der Waals surface area contributed by atoms with Gasteiger partial charge < -0.3 is 10.2 Å². The Bertz CT molecular complexity index is 557. The highest BCUT2D eigenvalue weighted by Crippen LogP contribution is 2.38. The predicted octanol–water partition coefficient (Wildman–Crippen LogP) is 3.15. The zero-order chi connectivity index (χ0) is 15.4. The number of unbranched alkanes of at least 4 members (excludes halogenated alkanes) is 2. The maximum Gasteiger partial charge on any atom is 0.318 e. The van der Waals surface area contributed by atoms with Crippen LogP contribution in [0.15, 0.2) is 30.3 Å². The number of thioether (sulfide) groups is 1. The molecule has 0 spiro atoms. The molecule has 0 aromatic heterocycles. The summed E-state index contributed by atoms with van der Waals surface area (Å²) in [5.74, 6) is 1.00. The first kappa shape index (κ1) is 15.2. The third-order valence-electron chi connectivity index (χ3n) is 4.44. The van der Waals surface area contributed by atoms with E-state index in [1.165, 1.54) is 5.56 Å². The van der Waals surface area contributed by atoms with E-state index in [0.29, 0.717) is 24.3 Å². The number of carbonyl (C=O) groups excluding carboxylic acids is 1. The first-order chi connectivity index (χ1) is 10.8. The number of carbonyl (C=O) groups is 1. The lowest BCUT2D eigenvalue weighted by molar-refractivity contribution is 0.197. The lowest BCUT2D eigenvalue weighted by Gasteiger charge is -2.27. The number of urea groups is 1. The molecular weight excluding hydrogens is 294 g/mol. The lowest BCUT2D eigenvalue weighted by Crippen LogP contribution is -2.40. The van der Waals surface area contributed by atoms with Gasteiger partial charge >= 0.3 is 6.03 Å². The summed E-state index contributed by atoms with van der Waals surface area (Å²) in [4.78, 5) is 14.3. The molecular formula is C17H21N3OS. The minimum atomic E-state index is 0.0705. The van der Waals surface area contributed by atoms with Gasteiger partial charge in [-0.3, -0.25) is 0 Å². The van der Waals surface area contributed by atoms with Crippen molar-refractivity contribution < 1.29 is 4.79 Å². The molecule has 2 aliphatic rings. The molecule has 1 aromatic rings. The summed E-state index contributed by atoms with van der Waals surface area (Å²) in [6.45, 7) is 0.684. The molecule has 3 atom stereocenters. The topological polar surface area (TPSA) is 56.1 Å². The molecule has 1 N–H and O–H groups in total. The minimum Gasteiger partial charge on any atom is -0.332 e. The van der Waals surface area contributed by atoms with E-state index in [0.717, 1.165) is 25.0 Å². The third-order valence-corrected chi connectivity index (χ3v) is 5.93. The van der Waals surface area contributed by atoms with Crippen LogP contribution in [0.5, 0.6) is 0 Å². The molecule has 116 valence electrons. The Morgan fingerprint density at radius 1 is 1.32 bits per heavy atom. The Kier molecular flexibility index (Phi) is 4.89. The number of amides is 2. The Balaban J connectivity index is 1.64. The lowest BCUT2D eigenvalue weighted by atomic mass is 10.0. The van der Waals surface area contributed by atoms with Crippen molar-refractivity contribution in [3.63, 3.8) is 0 Å². The molecule has 3 rings (SSSR count). The maximum atomic E-state index is 12.3. The minimum absolute atomic E-state index is 0.0705. The fraction of sp³-hybridized carbons (Fsp3) is 0.529. The first-order valence-corrected chi connectivity index (χ1v) is 8.94. The number of benzene rings is 1. The van der Waals surface area contributed by atoms with Crippen LogP contribution in [-0.2, 0) is 6.54 Å². The summed E-state index contributed by atoms with van der Waals surface area (Å²) in [6, 6.07) is 13.0. The van der Waals surface area contributed by atoms with E-state index in [1.807, 2.05) is 34.9 Å². The highest BCUT2D eigenvalue weighted by atomic mass is 32.2. The van der Waals surface area contributed by atoms with Crippen molar-refractivity contribution in [1.29, 1.82) is 5.26 Å². The van der Waals surface area contributed by atoms with Crippen LogP contribution in [0, 0.1) is 11.3 Å². The highest BCUT2D eigenvalue weighted by Gasteiger charge is 2.47. The molecule has 2 heterocycles. The van der Waals surface area contributed by atoms with Gasteiger partial charge in [0.2, 0.25) is 0 Å². The van der Waals surface area contributed by atoms with Crippen molar-refractivity contribution in [3.8, 4) is 6.07 Å². The number of rotatable bonds is 6. The Labute approximate surface area is 135 Å². The third kappa shape index (κ3) is 3.22. The van der Waals surface area contributed by atoms with Crippen LogP contribution in [0.1, 0.15) is 31.2 Å². The van der Waals surface area contributed by atoms with Gasteiger partial charge in [-0.25, -0.2) is 4.79 Å². The summed E-state index contributed by atoms with van der Waals surface area (Å²) in [7, 11) is 0. The normalized spacial score (nSPS) is 26.6. The second-order valence-corrected chi connectivity index (χ2v) is 7.21. The van der Waals surface area contributed by atoms with Gasteiger partial charge in [0.15, 0.2) is 0 Å². The number of nitrogens with zero attached hydrogens (tertiary/aromatic N) is 2. The quantitative estimate of drug-likeness (QED) is 0.648. The summed E-state index contributed by atoms with van der Waals surface area (Å²) in [5, 5.41) is 12.3. The van der Waals surface area contributed by atoms with Gasteiger partial charge in [-0.15, -0.1) is 0 Å². The van der Waals surface area contributed by atoms with Crippen molar-refractivity contribution >= 4 is 17.8 Å². The molecule has 0 bridgehead atoms. The molecule has 0 saturated carbocycles. The van der Waals surface area contributed by atoms with Gasteiger partial charge in [0.25, 0.3) is 0 Å². The molecule has 2 amide bonds. The van der Waals surface area contributed by atoms with Gasteiger partial charge in [-0.1, -0.05) is 36.8 Å². The van der Waals surface area contributed by atoms with Gasteiger partial charge in [0.05, 0.1) is 18.2 Å². The summed E-state index contributed by atoms with van der Waals surface area (Å²) >= 11 is 1.97. The second kappa shape index (κ2) is 7.06. The molecule has 1 aromatic carbocycles. The van der Waals surface area contributed by atoms with Gasteiger partial charge in [-0.2, -0.15) is 17.0 Å². The molecule has 5 heteroatoms. The predicted molar refractivity (Wildman–Crippen MR) is 88.4 cm³/mol. The summed E-state index contributed by atoms with van der Waals surface area (Å²) in [6.07, 6.45) is 3.76. The van der Waals surface area contributed by atoms with E-state index in [2.05, 4.69) is 23.5 Å². The van der Waals surface area contributed by atoms with Crippen LogP contribution in [0.4, 0.5) is 4.79 Å². The highest BCUT2D eigenvalue weighted by molar-refractivity contribution is 8.00. The molecule has 2 saturated heterocycles. The zero-order valence-electron chi connectivity index (χ0n) is 12.6. The van der Waals surface area contributed by atoms with Crippen LogP contribution in [0.25, 0.3) is 0 Å². The fourth-order valence-electron chi connectivity index (χ4n) is 3.37. The van der Waals surface area contributed by atoms with Crippen molar-refractivity contribution in [1.82, 2.24) is 10.2 Å². The van der Waals surface area contributed by atoms with Crippen LogP contribution >= 0.6 is 11.8 Å². The van der Waals surface area contributed by atoms with E-state index < -0.39 is 0 Å². The monoisotopic (exact) mass is 315 g/mol. The van der Waals surface area contributed by atoms with Crippen LogP contribution in [0.2, 0.25) is 0 Å². The average Bonchev–Trinajstić information content (AvgIpc) is 3.05. The average molecular weight is 315 g/mol. The number of hydrogen-bond acceptors (Lipinski definition) is 3. The number of hydrogen-bond donors (Lipinski definition) is 1. The van der Waals surface area contributed by atoms with Crippen LogP contribution < -0.4 is 5.32 Å². The van der Waals surface area contributed by atoms with E-state index in [1.54, 1.807) is 0 Å². The van der Waals surface area contributed by atoms with Crippen LogP contribution in [-0.4, -0.2) is 34.0 Å². The van der Waals surface area contributed by atoms with E-state index in [9.17, 15) is 4.79 Å². The van der Waals surface area contributed by atoms with Gasteiger partial charge in [0.1, 0.15) is 0 Å². The maximum absolute atomic E-state index is 12.3. The second-order valence-electron chi connectivity index (χ2n) is 5.94. The van der Waals surface area contributed by atoms with E-state index in [4.69, 9.17) is 5.26 Å². The smallest absolute Gasteiger partial charge is 0.318 e. The van der Waals surface area contributed by atoms with E-state index >= 15 is 0 Å². The van der Waals surface area contributed by atoms with Crippen LogP contribution in [0.3, 0.4) is 0 Å². The van der Waals surface area contributed by atoms with Crippen molar-refractivity contribution in [2.75, 3.05) is 5.75 Å². The molecule has 4 nitrogen and oxygen atoms in total. The van der Waals surface area contributed by atoms with Crippen molar-refractivity contribution in [3.05, 3.63) is 35.9 Å². The number of nitrogens with one attached hydrogen (secondary N) is 1. The molecule has 22 heavy (non-hydrogen) atoms. The molecule has 2 aliphatic heterocycles. The number of nitriles is 1. The largest absolute Gasteiger partial charge is 0.332 e. The fourth-order valence-corrected chi connectivity index (χ4v) is 4.97. The van der Waals surface area contributed by atoms with E-state index in [-0.39, 0.29) is 12.1 Å². The Morgan fingerprint density at radius 2 is 2.14 bits per heavy atom. The van der Waals surface area contributed by atoms with Crippen molar-refractivity contribution in [2.45, 2.75) is 49.6 Å². The zero-order valence-corrected chi connectivity index (χ0v) is 13.4. The SMILES string of the molecule is N#CCCCC[C@@H]1SC[C@@H]2NC(=O)N(Cc3ccccc3)[C@@H]21.